The van der Waals surface area contributed by atoms with Crippen molar-refractivity contribution in [3.8, 4) is 5.75 Å². The SMILES string of the molecule is COc1ccccc1[C@@H]1CN(C(=O)CC2CC2)[C@@H]2C3CCN(CC3)[C@@H]21. The Labute approximate surface area is 150 Å². The van der Waals surface area contributed by atoms with Crippen molar-refractivity contribution < 1.29 is 9.53 Å². The molecule has 25 heavy (non-hydrogen) atoms. The van der Waals surface area contributed by atoms with E-state index in [1.54, 1.807) is 7.11 Å². The topological polar surface area (TPSA) is 32.8 Å². The van der Waals surface area contributed by atoms with Gasteiger partial charge in [-0.1, -0.05) is 18.2 Å². The van der Waals surface area contributed by atoms with E-state index in [0.717, 1.165) is 18.7 Å². The first kappa shape index (κ1) is 15.7. The molecule has 4 nitrogen and oxygen atoms in total. The van der Waals surface area contributed by atoms with Gasteiger partial charge in [0.2, 0.25) is 5.91 Å². The summed E-state index contributed by atoms with van der Waals surface area (Å²) >= 11 is 0. The number of carbonyl (C=O) groups excluding carboxylic acids is 1. The number of likely N-dealkylation sites (tertiary alicyclic amines) is 1. The van der Waals surface area contributed by atoms with Crippen molar-refractivity contribution in [3.05, 3.63) is 29.8 Å². The second-order valence-electron chi connectivity index (χ2n) is 8.40. The maximum Gasteiger partial charge on any atom is 0.223 e. The number of hydrogen-bond donors (Lipinski definition) is 0. The molecule has 5 aliphatic rings. The average Bonchev–Trinajstić information content (AvgIpc) is 3.37. The van der Waals surface area contributed by atoms with Gasteiger partial charge in [-0.2, -0.15) is 0 Å². The fourth-order valence-electron chi connectivity index (χ4n) is 5.64. The second-order valence-corrected chi connectivity index (χ2v) is 8.40. The first-order valence-electron chi connectivity index (χ1n) is 9.92. The van der Waals surface area contributed by atoms with Gasteiger partial charge < -0.3 is 9.64 Å². The van der Waals surface area contributed by atoms with Crippen LogP contribution in [0, 0.1) is 11.8 Å². The molecule has 1 saturated carbocycles. The lowest BCUT2D eigenvalue weighted by molar-refractivity contribution is -0.136. The average molecular weight is 340 g/mol. The van der Waals surface area contributed by atoms with Gasteiger partial charge in [0.05, 0.1) is 13.2 Å². The lowest BCUT2D eigenvalue weighted by Crippen LogP contribution is -2.60. The molecule has 0 radical (unpaired) electrons. The Kier molecular flexibility index (Phi) is 3.77. The van der Waals surface area contributed by atoms with Crippen LogP contribution in [-0.4, -0.2) is 54.5 Å². The van der Waals surface area contributed by atoms with E-state index in [-0.39, 0.29) is 0 Å². The van der Waals surface area contributed by atoms with Gasteiger partial charge >= 0.3 is 0 Å². The molecule has 134 valence electrons. The number of rotatable bonds is 4. The summed E-state index contributed by atoms with van der Waals surface area (Å²) in [5.41, 5.74) is 1.29. The van der Waals surface area contributed by atoms with Crippen LogP contribution in [0.15, 0.2) is 24.3 Å². The van der Waals surface area contributed by atoms with Gasteiger partial charge in [-0.3, -0.25) is 9.69 Å². The number of amides is 1. The molecule has 0 aromatic heterocycles. The molecule has 1 aromatic rings. The standard InChI is InChI=1S/C21H28N2O2/c1-25-18-5-3-2-4-16(18)17-13-23(19(24)12-14-6-7-14)20-15-8-10-22(11-9-15)21(17)20/h2-5,14-15,17,20-21H,6-13H2,1H3/t17-,20+,21+/m0/s1. The minimum atomic E-state index is 0.382. The van der Waals surface area contributed by atoms with Crippen molar-refractivity contribution in [2.75, 3.05) is 26.7 Å². The zero-order chi connectivity index (χ0) is 17.0. The summed E-state index contributed by atoms with van der Waals surface area (Å²) in [5, 5.41) is 0. The molecule has 6 rings (SSSR count). The molecule has 1 aliphatic carbocycles. The highest BCUT2D eigenvalue weighted by Gasteiger charge is 2.55. The van der Waals surface area contributed by atoms with Gasteiger partial charge in [0.15, 0.2) is 0 Å². The Morgan fingerprint density at radius 2 is 1.88 bits per heavy atom. The Bertz CT molecular complexity index is 664. The zero-order valence-corrected chi connectivity index (χ0v) is 15.1. The molecule has 2 bridgehead atoms. The van der Waals surface area contributed by atoms with E-state index in [1.165, 1.54) is 44.3 Å². The molecular weight excluding hydrogens is 312 g/mol. The molecule has 0 N–H and O–H groups in total. The Morgan fingerprint density at radius 3 is 2.60 bits per heavy atom. The van der Waals surface area contributed by atoms with E-state index in [1.807, 2.05) is 6.07 Å². The summed E-state index contributed by atoms with van der Waals surface area (Å²) in [6.45, 7) is 3.26. The minimum Gasteiger partial charge on any atom is -0.496 e. The molecule has 0 unspecified atom stereocenters. The molecule has 1 aromatic carbocycles. The zero-order valence-electron chi connectivity index (χ0n) is 15.1. The number of benzene rings is 1. The molecule has 4 heteroatoms. The summed E-state index contributed by atoms with van der Waals surface area (Å²) < 4.78 is 5.67. The predicted molar refractivity (Wildman–Crippen MR) is 96.7 cm³/mol. The lowest BCUT2D eigenvalue weighted by atomic mass is 9.75. The summed E-state index contributed by atoms with van der Waals surface area (Å²) in [6, 6.07) is 9.32. The number of nitrogens with zero attached hydrogens (tertiary/aromatic N) is 2. The summed E-state index contributed by atoms with van der Waals surface area (Å²) in [7, 11) is 1.76. The van der Waals surface area contributed by atoms with E-state index in [9.17, 15) is 4.79 Å². The fraction of sp³-hybridized carbons (Fsp3) is 0.667. The third kappa shape index (κ3) is 2.57. The van der Waals surface area contributed by atoms with Crippen molar-refractivity contribution >= 4 is 5.91 Å². The number of para-hydroxylation sites is 1. The van der Waals surface area contributed by atoms with Crippen LogP contribution < -0.4 is 4.74 Å². The fourth-order valence-corrected chi connectivity index (χ4v) is 5.64. The van der Waals surface area contributed by atoms with E-state index in [0.29, 0.717) is 35.7 Å². The van der Waals surface area contributed by atoms with Gasteiger partial charge in [0.1, 0.15) is 5.75 Å². The van der Waals surface area contributed by atoms with Crippen molar-refractivity contribution in [2.24, 2.45) is 11.8 Å². The maximum absolute atomic E-state index is 13.0. The molecule has 0 spiro atoms. The molecule has 4 heterocycles. The number of fused-ring (bicyclic) bond motifs is 2. The summed E-state index contributed by atoms with van der Waals surface area (Å²) in [5.74, 6) is 3.12. The molecule has 5 fully saturated rings. The molecule has 1 amide bonds. The van der Waals surface area contributed by atoms with E-state index in [2.05, 4.69) is 28.0 Å². The smallest absolute Gasteiger partial charge is 0.223 e. The Hall–Kier alpha value is -1.55. The monoisotopic (exact) mass is 340 g/mol. The van der Waals surface area contributed by atoms with Gasteiger partial charge in [0, 0.05) is 30.5 Å². The van der Waals surface area contributed by atoms with Gasteiger partial charge in [-0.25, -0.2) is 0 Å². The Balaban J connectivity index is 1.50. The number of methoxy groups -OCH3 is 1. The van der Waals surface area contributed by atoms with Crippen molar-refractivity contribution in [1.29, 1.82) is 0 Å². The van der Waals surface area contributed by atoms with Gasteiger partial charge in [0.25, 0.3) is 0 Å². The maximum atomic E-state index is 13.0. The molecular formula is C21H28N2O2. The van der Waals surface area contributed by atoms with Crippen molar-refractivity contribution in [3.63, 3.8) is 0 Å². The highest BCUT2D eigenvalue weighted by molar-refractivity contribution is 5.78. The van der Waals surface area contributed by atoms with Crippen LogP contribution in [-0.2, 0) is 4.79 Å². The third-order valence-electron chi connectivity index (χ3n) is 7.01. The number of carbonyl (C=O) groups is 1. The van der Waals surface area contributed by atoms with Crippen molar-refractivity contribution in [1.82, 2.24) is 9.80 Å². The highest BCUT2D eigenvalue weighted by atomic mass is 16.5. The Morgan fingerprint density at radius 1 is 1.12 bits per heavy atom. The second kappa shape index (κ2) is 6.01. The molecule has 4 aliphatic heterocycles. The predicted octanol–water partition coefficient (Wildman–Crippen LogP) is 2.88. The number of ether oxygens (including phenoxy) is 1. The first-order valence-corrected chi connectivity index (χ1v) is 9.92. The molecule has 3 atom stereocenters. The third-order valence-corrected chi connectivity index (χ3v) is 7.01. The lowest BCUT2D eigenvalue weighted by Gasteiger charge is -2.51. The van der Waals surface area contributed by atoms with Crippen LogP contribution in [0.4, 0.5) is 0 Å². The summed E-state index contributed by atoms with van der Waals surface area (Å²) in [4.78, 5) is 18.0. The van der Waals surface area contributed by atoms with E-state index < -0.39 is 0 Å². The minimum absolute atomic E-state index is 0.382. The van der Waals surface area contributed by atoms with Gasteiger partial charge in [-0.15, -0.1) is 0 Å². The van der Waals surface area contributed by atoms with Crippen LogP contribution >= 0.6 is 0 Å². The largest absolute Gasteiger partial charge is 0.496 e. The van der Waals surface area contributed by atoms with Crippen LogP contribution in [0.3, 0.4) is 0 Å². The molecule has 4 saturated heterocycles. The van der Waals surface area contributed by atoms with Crippen LogP contribution in [0.1, 0.15) is 43.6 Å². The van der Waals surface area contributed by atoms with Crippen LogP contribution in [0.2, 0.25) is 0 Å². The van der Waals surface area contributed by atoms with Crippen LogP contribution in [0.5, 0.6) is 5.75 Å². The number of hydrogen-bond acceptors (Lipinski definition) is 3. The number of piperidine rings is 3. The normalized spacial score (nSPS) is 36.4. The van der Waals surface area contributed by atoms with Crippen LogP contribution in [0.25, 0.3) is 0 Å². The van der Waals surface area contributed by atoms with E-state index in [4.69, 9.17) is 4.74 Å². The summed E-state index contributed by atoms with van der Waals surface area (Å²) in [6.07, 6.45) is 5.78. The first-order chi connectivity index (χ1) is 12.3. The van der Waals surface area contributed by atoms with Crippen molar-refractivity contribution in [2.45, 2.75) is 50.1 Å². The highest BCUT2D eigenvalue weighted by Crippen LogP contribution is 2.48. The van der Waals surface area contributed by atoms with E-state index >= 15 is 0 Å². The van der Waals surface area contributed by atoms with Gasteiger partial charge in [-0.05, 0) is 56.7 Å². The quantitative estimate of drug-likeness (QED) is 0.845.